The van der Waals surface area contributed by atoms with E-state index in [0.717, 1.165) is 25.3 Å². The second kappa shape index (κ2) is 17.1. The van der Waals surface area contributed by atoms with Crippen LogP contribution in [0, 0.1) is 20.2 Å². The van der Waals surface area contributed by atoms with Crippen molar-refractivity contribution in [2.45, 2.75) is 115 Å². The fraction of sp³-hybridized carbons (Fsp3) is 0.900. The van der Waals surface area contributed by atoms with E-state index < -0.39 is 40.6 Å². The Morgan fingerprint density at radius 1 is 0.828 bits per heavy atom. The van der Waals surface area contributed by atoms with Gasteiger partial charge in [0.1, 0.15) is 18.1 Å². The number of hydrogen-bond donors (Lipinski definition) is 2. The third-order valence-corrected chi connectivity index (χ3v) is 5.21. The minimum atomic E-state index is -1.57. The molecule has 0 aromatic carbocycles. The Morgan fingerprint density at radius 3 is 1.83 bits per heavy atom. The van der Waals surface area contributed by atoms with Crippen molar-refractivity contribution in [3.05, 3.63) is 26.3 Å². The number of rotatable bonds is 19. The van der Waals surface area contributed by atoms with Gasteiger partial charge in [0.15, 0.2) is 0 Å². The molecule has 0 aromatic heterocycles. The summed E-state index contributed by atoms with van der Waals surface area (Å²) in [5, 5.41) is 42.7. The van der Waals surface area contributed by atoms with Gasteiger partial charge < -0.3 is 10.2 Å². The molecule has 0 rings (SSSR count). The molecule has 0 spiro atoms. The van der Waals surface area contributed by atoms with Crippen molar-refractivity contribution in [2.75, 3.05) is 0 Å². The molecule has 0 amide bonds. The van der Waals surface area contributed by atoms with Crippen LogP contribution in [0.1, 0.15) is 90.4 Å². The third kappa shape index (κ3) is 13.1. The van der Waals surface area contributed by atoms with E-state index in [1.165, 1.54) is 38.0 Å². The summed E-state index contributed by atoms with van der Waals surface area (Å²) in [5.41, 5.74) is 0. The van der Waals surface area contributed by atoms with Crippen molar-refractivity contribution in [3.8, 4) is 0 Å². The summed E-state index contributed by atoms with van der Waals surface area (Å²) in [6, 6.07) is -2.88. The Bertz CT molecular complexity index is 509. The molecule has 29 heavy (non-hydrogen) atoms. The average molecular weight is 417 g/mol. The van der Waals surface area contributed by atoms with Crippen LogP contribution in [-0.2, 0) is 4.79 Å². The smallest absolute Gasteiger partial charge is 0.241 e. The number of aliphatic hydroxyl groups is 2. The minimum absolute atomic E-state index is 0.0519. The number of unbranched alkanes of at least 4 members (excludes halogenated alkanes) is 8. The van der Waals surface area contributed by atoms with Gasteiger partial charge in [0.05, 0.1) is 6.42 Å². The maximum absolute atomic E-state index is 11.3. The van der Waals surface area contributed by atoms with E-state index in [-0.39, 0.29) is 19.3 Å². The monoisotopic (exact) mass is 416 g/mol. The first-order chi connectivity index (χ1) is 13.8. The molecule has 9 nitrogen and oxygen atoms in total. The fourth-order valence-electron chi connectivity index (χ4n) is 3.40. The maximum Gasteiger partial charge on any atom is 0.241 e. The van der Waals surface area contributed by atoms with Crippen molar-refractivity contribution in [2.24, 2.45) is 0 Å². The minimum Gasteiger partial charge on any atom is -0.386 e. The first-order valence-corrected chi connectivity index (χ1v) is 10.7. The molecule has 0 aromatic rings. The molecule has 0 fully saturated rings. The summed E-state index contributed by atoms with van der Waals surface area (Å²) in [7, 11) is 0. The lowest BCUT2D eigenvalue weighted by atomic mass is 9.94. The van der Waals surface area contributed by atoms with Gasteiger partial charge in [-0.3, -0.25) is 20.2 Å². The first-order valence-electron chi connectivity index (χ1n) is 10.7. The summed E-state index contributed by atoms with van der Waals surface area (Å²) in [6.07, 6.45) is 7.64. The lowest BCUT2D eigenvalue weighted by molar-refractivity contribution is -0.554. The zero-order valence-electron chi connectivity index (χ0n) is 17.4. The van der Waals surface area contributed by atoms with Crippen LogP contribution in [0.25, 0.3) is 0 Å². The van der Waals surface area contributed by atoms with E-state index >= 15 is 0 Å². The number of allylic oxidation sites excluding steroid dienone is 1. The second-order valence-electron chi connectivity index (χ2n) is 7.59. The Hall–Kier alpha value is -1.83. The molecule has 168 valence electrons. The molecule has 4 atom stereocenters. The Balaban J connectivity index is 4.37. The van der Waals surface area contributed by atoms with Crippen molar-refractivity contribution in [1.82, 2.24) is 0 Å². The van der Waals surface area contributed by atoms with E-state index in [0.29, 0.717) is 6.42 Å². The van der Waals surface area contributed by atoms with E-state index in [9.17, 15) is 35.2 Å². The van der Waals surface area contributed by atoms with Crippen LogP contribution >= 0.6 is 0 Å². The van der Waals surface area contributed by atoms with E-state index in [1.54, 1.807) is 0 Å². The van der Waals surface area contributed by atoms with Gasteiger partial charge in [0, 0.05) is 22.3 Å². The summed E-state index contributed by atoms with van der Waals surface area (Å²) in [6.45, 7) is 2.17. The normalized spacial score (nSPS) is 15.1. The zero-order valence-corrected chi connectivity index (χ0v) is 17.4. The number of nitro groups is 2. The summed E-state index contributed by atoms with van der Waals surface area (Å²) < 4.78 is 0. The van der Waals surface area contributed by atoms with Crippen LogP contribution in [-0.4, -0.2) is 50.3 Å². The van der Waals surface area contributed by atoms with Gasteiger partial charge in [-0.1, -0.05) is 64.7 Å². The van der Waals surface area contributed by atoms with Gasteiger partial charge in [-0.15, -0.1) is 0 Å². The lowest BCUT2D eigenvalue weighted by Crippen LogP contribution is -2.42. The third-order valence-electron chi connectivity index (χ3n) is 5.21. The van der Waals surface area contributed by atoms with Crippen LogP contribution in [0.2, 0.25) is 0 Å². The van der Waals surface area contributed by atoms with E-state index in [1.807, 2.05) is 0 Å². The Morgan fingerprint density at radius 2 is 1.34 bits per heavy atom. The molecule has 0 radical (unpaired) electrons. The predicted molar refractivity (Wildman–Crippen MR) is 110 cm³/mol. The molecule has 0 aliphatic carbocycles. The molecule has 0 heterocycles. The molecule has 0 bridgehead atoms. The molecule has 0 aliphatic heterocycles. The molecular weight excluding hydrogens is 380 g/mol. The highest BCUT2D eigenvalue weighted by atomic mass is 16.6. The van der Waals surface area contributed by atoms with Crippen LogP contribution in [0.4, 0.5) is 0 Å². The van der Waals surface area contributed by atoms with Gasteiger partial charge in [-0.05, 0) is 12.8 Å². The fourth-order valence-corrected chi connectivity index (χ4v) is 3.40. The molecular formula is C20H36N2O7. The van der Waals surface area contributed by atoms with Crippen molar-refractivity contribution >= 4 is 5.94 Å². The number of carbonyl (C=O) groups excluding carboxylic acids is 1. The standard InChI is InChI=1S/C20H36N2O7/c1-2-3-4-5-6-7-8-9-10-14-19(24)18(22(28)29)16-20(25)17(21(26)27)13-11-12-15-23/h12,17-20,24-25H,2-11,13-14,16H2,1H3. The van der Waals surface area contributed by atoms with Gasteiger partial charge >= 0.3 is 0 Å². The van der Waals surface area contributed by atoms with E-state index in [4.69, 9.17) is 0 Å². The van der Waals surface area contributed by atoms with Crippen LogP contribution in [0.15, 0.2) is 6.08 Å². The number of aliphatic hydroxyl groups excluding tert-OH is 2. The molecule has 0 aliphatic rings. The molecule has 9 heteroatoms. The molecule has 4 unspecified atom stereocenters. The van der Waals surface area contributed by atoms with Crippen molar-refractivity contribution in [3.63, 3.8) is 0 Å². The summed E-state index contributed by atoms with van der Waals surface area (Å²) in [5.74, 6) is 1.50. The van der Waals surface area contributed by atoms with Gasteiger partial charge in [-0.25, -0.2) is 4.79 Å². The second-order valence-corrected chi connectivity index (χ2v) is 7.59. The van der Waals surface area contributed by atoms with Gasteiger partial charge in [0.25, 0.3) is 0 Å². The van der Waals surface area contributed by atoms with Crippen LogP contribution in [0.5, 0.6) is 0 Å². The maximum atomic E-state index is 11.3. The lowest BCUT2D eigenvalue weighted by Gasteiger charge is -2.20. The number of nitrogens with zero attached hydrogens (tertiary/aromatic N) is 2. The Kier molecular flexibility index (Phi) is 16.0. The molecule has 0 saturated carbocycles. The zero-order chi connectivity index (χ0) is 22.1. The SMILES string of the molecule is CCCCCCCCCCCC(O)C(CC(O)C(CCC=C=O)[N+](=O)[O-])[N+](=O)[O-]. The van der Waals surface area contributed by atoms with E-state index in [2.05, 4.69) is 6.92 Å². The molecule has 0 saturated heterocycles. The summed E-state index contributed by atoms with van der Waals surface area (Å²) in [4.78, 5) is 31.2. The topological polar surface area (TPSA) is 144 Å². The predicted octanol–water partition coefficient (Wildman–Crippen LogP) is 3.48. The largest absolute Gasteiger partial charge is 0.386 e. The average Bonchev–Trinajstić information content (AvgIpc) is 2.67. The highest BCUT2D eigenvalue weighted by Gasteiger charge is 2.38. The first kappa shape index (κ1) is 27.2. The van der Waals surface area contributed by atoms with Crippen LogP contribution < -0.4 is 0 Å². The quantitative estimate of drug-likeness (QED) is 0.142. The molecule has 2 N–H and O–H groups in total. The Labute approximate surface area is 172 Å². The van der Waals surface area contributed by atoms with Crippen molar-refractivity contribution < 1.29 is 24.9 Å². The highest BCUT2D eigenvalue weighted by molar-refractivity contribution is 5.44. The van der Waals surface area contributed by atoms with Gasteiger partial charge in [0.2, 0.25) is 12.1 Å². The van der Waals surface area contributed by atoms with Gasteiger partial charge in [-0.2, -0.15) is 0 Å². The summed E-state index contributed by atoms with van der Waals surface area (Å²) >= 11 is 0. The van der Waals surface area contributed by atoms with Crippen LogP contribution in [0.3, 0.4) is 0 Å². The number of hydrogen-bond acceptors (Lipinski definition) is 7. The highest BCUT2D eigenvalue weighted by Crippen LogP contribution is 2.19. The van der Waals surface area contributed by atoms with Crippen molar-refractivity contribution in [1.29, 1.82) is 0 Å².